The van der Waals surface area contributed by atoms with Crippen LogP contribution in [0.1, 0.15) is 5.69 Å². The fourth-order valence-corrected chi connectivity index (χ4v) is 0.974. The van der Waals surface area contributed by atoms with Crippen molar-refractivity contribution in [3.05, 3.63) is 16.1 Å². The average Bonchev–Trinajstić information content (AvgIpc) is 2.08. The highest BCUT2D eigenvalue weighted by molar-refractivity contribution is 6.32. The molecule has 0 fully saturated rings. The average molecular weight is 205 g/mol. The van der Waals surface area contributed by atoms with Gasteiger partial charge in [-0.2, -0.15) is 13.2 Å². The molecule has 0 aliphatic heterocycles. The number of rotatable bonds is 0. The van der Waals surface area contributed by atoms with Gasteiger partial charge in [0.1, 0.15) is 0 Å². The molecule has 0 spiro atoms. The molecule has 1 rings (SSSR count). The quantitative estimate of drug-likeness (QED) is 0.692. The molecule has 0 saturated heterocycles. The molecule has 0 unspecified atom stereocenters. The second kappa shape index (κ2) is 2.57. The maximum atomic E-state index is 11.8. The van der Waals surface area contributed by atoms with Crippen molar-refractivity contribution in [1.82, 2.24) is 9.97 Å². The number of halogens is 5. The van der Waals surface area contributed by atoms with Gasteiger partial charge in [-0.15, -0.1) is 0 Å². The minimum Gasteiger partial charge on any atom is -0.324 e. The third-order valence-electron chi connectivity index (χ3n) is 0.914. The molecule has 0 radical (unpaired) electrons. The van der Waals surface area contributed by atoms with Gasteiger partial charge in [0, 0.05) is 0 Å². The summed E-state index contributed by atoms with van der Waals surface area (Å²) >= 11 is 10.2. The van der Waals surface area contributed by atoms with E-state index in [1.807, 2.05) is 0 Å². The molecule has 0 atom stereocenters. The Kier molecular flexibility index (Phi) is 2.02. The molecule has 0 aromatic carbocycles. The van der Waals surface area contributed by atoms with Crippen LogP contribution in [0.2, 0.25) is 10.4 Å². The fraction of sp³-hybridized carbons (Fsp3) is 0.250. The van der Waals surface area contributed by atoms with Crippen LogP contribution in [0.5, 0.6) is 0 Å². The maximum Gasteiger partial charge on any atom is 0.434 e. The summed E-state index contributed by atoms with van der Waals surface area (Å²) in [6, 6.07) is 0. The van der Waals surface area contributed by atoms with Crippen LogP contribution in [-0.2, 0) is 6.18 Å². The van der Waals surface area contributed by atoms with Gasteiger partial charge < -0.3 is 4.98 Å². The molecule has 0 aliphatic carbocycles. The molecule has 0 saturated carbocycles. The highest BCUT2D eigenvalue weighted by Gasteiger charge is 2.36. The number of alkyl halides is 3. The van der Waals surface area contributed by atoms with Gasteiger partial charge in [0.25, 0.3) is 0 Å². The van der Waals surface area contributed by atoms with Crippen LogP contribution in [0.15, 0.2) is 0 Å². The summed E-state index contributed by atoms with van der Waals surface area (Å²) < 4.78 is 35.5. The smallest absolute Gasteiger partial charge is 0.324 e. The third-order valence-corrected chi connectivity index (χ3v) is 1.37. The van der Waals surface area contributed by atoms with Gasteiger partial charge in [0.2, 0.25) is 5.28 Å². The van der Waals surface area contributed by atoms with Crippen LogP contribution in [-0.4, -0.2) is 9.97 Å². The molecule has 1 heterocycles. The Labute approximate surface area is 69.3 Å². The Balaban J connectivity index is 3.13. The number of H-pyrrole nitrogens is 1. The van der Waals surface area contributed by atoms with E-state index < -0.39 is 17.0 Å². The lowest BCUT2D eigenvalue weighted by molar-refractivity contribution is -0.140. The molecule has 2 nitrogen and oxygen atoms in total. The molecule has 62 valence electrons. The summed E-state index contributed by atoms with van der Waals surface area (Å²) in [5, 5.41) is -1.04. The van der Waals surface area contributed by atoms with E-state index in [-0.39, 0.29) is 5.28 Å². The van der Waals surface area contributed by atoms with E-state index in [0.717, 1.165) is 0 Å². The Morgan fingerprint density at radius 2 is 1.82 bits per heavy atom. The zero-order valence-corrected chi connectivity index (χ0v) is 6.35. The van der Waals surface area contributed by atoms with E-state index in [2.05, 4.69) is 4.98 Å². The Bertz CT molecular complexity index is 267. The van der Waals surface area contributed by atoms with Gasteiger partial charge in [-0.05, 0) is 11.6 Å². The number of hydrogen-bond donors (Lipinski definition) is 1. The summed E-state index contributed by atoms with van der Waals surface area (Å²) in [6.07, 6.45) is -4.53. The largest absolute Gasteiger partial charge is 0.434 e. The van der Waals surface area contributed by atoms with Crippen LogP contribution < -0.4 is 0 Å². The lowest BCUT2D eigenvalue weighted by atomic mass is 10.5. The number of aromatic nitrogens is 2. The molecule has 0 bridgehead atoms. The summed E-state index contributed by atoms with van der Waals surface area (Å²) in [5.74, 6) is 0. The third kappa shape index (κ3) is 1.78. The van der Waals surface area contributed by atoms with E-state index in [4.69, 9.17) is 23.2 Å². The predicted octanol–water partition coefficient (Wildman–Crippen LogP) is 2.74. The molecule has 0 amide bonds. The number of aromatic amines is 1. The highest BCUT2D eigenvalue weighted by atomic mass is 35.5. The second-order valence-electron chi connectivity index (χ2n) is 1.69. The zero-order valence-electron chi connectivity index (χ0n) is 4.84. The SMILES string of the molecule is FC(F)(F)c1[nH]c(Cl)nc1Cl. The number of hydrogen-bond acceptors (Lipinski definition) is 1. The summed E-state index contributed by atoms with van der Waals surface area (Å²) in [4.78, 5) is 4.91. The summed E-state index contributed by atoms with van der Waals surface area (Å²) in [6.45, 7) is 0. The summed E-state index contributed by atoms with van der Waals surface area (Å²) in [7, 11) is 0. The van der Waals surface area contributed by atoms with E-state index in [1.54, 1.807) is 4.98 Å². The fourth-order valence-electron chi connectivity index (χ4n) is 0.513. The molecule has 1 aromatic heterocycles. The normalized spacial score (nSPS) is 12.1. The topological polar surface area (TPSA) is 28.7 Å². The van der Waals surface area contributed by atoms with Gasteiger partial charge in [0.05, 0.1) is 0 Å². The lowest BCUT2D eigenvalue weighted by Crippen LogP contribution is -2.05. The van der Waals surface area contributed by atoms with Crippen molar-refractivity contribution < 1.29 is 13.2 Å². The monoisotopic (exact) mass is 204 g/mol. The Morgan fingerprint density at radius 3 is 2.00 bits per heavy atom. The molecule has 7 heteroatoms. The molecule has 1 aromatic rings. The molecular weight excluding hydrogens is 204 g/mol. The lowest BCUT2D eigenvalue weighted by Gasteiger charge is -2.01. The van der Waals surface area contributed by atoms with E-state index in [1.165, 1.54) is 0 Å². The first-order chi connectivity index (χ1) is 4.91. The van der Waals surface area contributed by atoms with Gasteiger partial charge in [-0.25, -0.2) is 4.98 Å². The van der Waals surface area contributed by atoms with E-state index >= 15 is 0 Å². The van der Waals surface area contributed by atoms with Crippen molar-refractivity contribution >= 4 is 23.2 Å². The highest BCUT2D eigenvalue weighted by Crippen LogP contribution is 2.33. The van der Waals surface area contributed by atoms with Crippen LogP contribution in [0, 0.1) is 0 Å². The first kappa shape index (κ1) is 8.67. The minimum atomic E-state index is -4.53. The van der Waals surface area contributed by atoms with E-state index in [9.17, 15) is 13.2 Å². The molecule has 0 aliphatic rings. The first-order valence-electron chi connectivity index (χ1n) is 2.39. The van der Waals surface area contributed by atoms with Gasteiger partial charge in [-0.1, -0.05) is 11.6 Å². The standard InChI is InChI=1S/C4HCl2F3N2/c5-2-1(4(7,8)9)10-3(6)11-2/h(H,10,11). The van der Waals surface area contributed by atoms with Crippen molar-refractivity contribution in [2.45, 2.75) is 6.18 Å². The molecule has 1 N–H and O–H groups in total. The van der Waals surface area contributed by atoms with Gasteiger partial charge in [-0.3, -0.25) is 0 Å². The molecule has 11 heavy (non-hydrogen) atoms. The van der Waals surface area contributed by atoms with Crippen molar-refractivity contribution in [3.8, 4) is 0 Å². The second-order valence-corrected chi connectivity index (χ2v) is 2.41. The van der Waals surface area contributed by atoms with Crippen molar-refractivity contribution in [3.63, 3.8) is 0 Å². The van der Waals surface area contributed by atoms with Crippen LogP contribution in [0.4, 0.5) is 13.2 Å². The van der Waals surface area contributed by atoms with Crippen LogP contribution in [0.25, 0.3) is 0 Å². The summed E-state index contributed by atoms with van der Waals surface area (Å²) in [5.41, 5.74) is -1.12. The van der Waals surface area contributed by atoms with Crippen molar-refractivity contribution in [2.24, 2.45) is 0 Å². The van der Waals surface area contributed by atoms with Gasteiger partial charge >= 0.3 is 6.18 Å². The van der Waals surface area contributed by atoms with Crippen molar-refractivity contribution in [2.75, 3.05) is 0 Å². The van der Waals surface area contributed by atoms with Crippen LogP contribution >= 0.6 is 23.2 Å². The number of imidazole rings is 1. The number of nitrogens with one attached hydrogen (secondary N) is 1. The van der Waals surface area contributed by atoms with Gasteiger partial charge in [0.15, 0.2) is 10.8 Å². The first-order valence-corrected chi connectivity index (χ1v) is 3.15. The minimum absolute atomic E-state index is 0.373. The maximum absolute atomic E-state index is 11.8. The number of nitrogens with zero attached hydrogens (tertiary/aromatic N) is 1. The molecular formula is C4HCl2F3N2. The van der Waals surface area contributed by atoms with Crippen LogP contribution in [0.3, 0.4) is 0 Å². The van der Waals surface area contributed by atoms with E-state index in [0.29, 0.717) is 0 Å². The Hall–Kier alpha value is -0.420. The predicted molar refractivity (Wildman–Crippen MR) is 33.6 cm³/mol. The van der Waals surface area contributed by atoms with Crippen molar-refractivity contribution in [1.29, 1.82) is 0 Å². The zero-order chi connectivity index (χ0) is 8.65. The Morgan fingerprint density at radius 1 is 1.27 bits per heavy atom.